The first-order chi connectivity index (χ1) is 12.5. The lowest BCUT2D eigenvalue weighted by atomic mass is 10.1. The Bertz CT molecular complexity index is 807. The Balaban J connectivity index is 1.67. The fourth-order valence-corrected chi connectivity index (χ4v) is 3.33. The number of hydrogen-bond acceptors (Lipinski definition) is 4. The van der Waals surface area contributed by atoms with Crippen LogP contribution in [0.2, 0.25) is 0 Å². The van der Waals surface area contributed by atoms with E-state index in [-0.39, 0.29) is 17.9 Å². The summed E-state index contributed by atoms with van der Waals surface area (Å²) in [5.41, 5.74) is 1.47. The van der Waals surface area contributed by atoms with Crippen molar-refractivity contribution in [1.29, 1.82) is 0 Å². The predicted octanol–water partition coefficient (Wildman–Crippen LogP) is 1.86. The number of pyridine rings is 1. The van der Waals surface area contributed by atoms with Crippen LogP contribution < -0.4 is 0 Å². The molecule has 1 aliphatic heterocycles. The van der Waals surface area contributed by atoms with Gasteiger partial charge in [-0.1, -0.05) is 19.1 Å². The van der Waals surface area contributed by atoms with Crippen LogP contribution in [0.25, 0.3) is 10.9 Å². The molecule has 1 saturated heterocycles. The Kier molecular flexibility index (Phi) is 5.52. The summed E-state index contributed by atoms with van der Waals surface area (Å²) >= 11 is 0. The third kappa shape index (κ3) is 3.85. The van der Waals surface area contributed by atoms with Gasteiger partial charge in [0.1, 0.15) is 0 Å². The number of carbonyl (C=O) groups excluding carboxylic acids is 2. The summed E-state index contributed by atoms with van der Waals surface area (Å²) in [6.07, 6.45) is 1.73. The Labute approximate surface area is 154 Å². The molecule has 0 saturated carbocycles. The summed E-state index contributed by atoms with van der Waals surface area (Å²) in [5, 5.41) is 1.02. The number of aromatic nitrogens is 1. The molecule has 0 spiro atoms. The molecule has 2 aromatic rings. The second-order valence-corrected chi connectivity index (χ2v) is 6.93. The monoisotopic (exact) mass is 354 g/mol. The van der Waals surface area contributed by atoms with E-state index in [0.29, 0.717) is 31.7 Å². The average molecular weight is 354 g/mol. The van der Waals surface area contributed by atoms with Crippen molar-refractivity contribution in [3.8, 4) is 0 Å². The molecule has 1 fully saturated rings. The minimum absolute atomic E-state index is 0.00202. The van der Waals surface area contributed by atoms with E-state index >= 15 is 0 Å². The van der Waals surface area contributed by atoms with Crippen LogP contribution in [0, 0.1) is 0 Å². The van der Waals surface area contributed by atoms with Crippen LogP contribution >= 0.6 is 0 Å². The van der Waals surface area contributed by atoms with Crippen LogP contribution in [0.3, 0.4) is 0 Å². The van der Waals surface area contributed by atoms with Gasteiger partial charge in [-0.3, -0.25) is 19.5 Å². The Morgan fingerprint density at radius 2 is 2.08 bits per heavy atom. The lowest BCUT2D eigenvalue weighted by Crippen LogP contribution is -2.56. The molecule has 0 N–H and O–H groups in total. The summed E-state index contributed by atoms with van der Waals surface area (Å²) in [5.74, 6) is 0.131. The van der Waals surface area contributed by atoms with Crippen LogP contribution in [0.15, 0.2) is 36.5 Å². The van der Waals surface area contributed by atoms with Gasteiger partial charge < -0.3 is 9.80 Å². The van der Waals surface area contributed by atoms with Gasteiger partial charge in [-0.25, -0.2) is 0 Å². The topological polar surface area (TPSA) is 56.8 Å². The maximum atomic E-state index is 12.9. The van der Waals surface area contributed by atoms with Gasteiger partial charge in [0, 0.05) is 42.8 Å². The Morgan fingerprint density at radius 1 is 1.27 bits per heavy atom. The van der Waals surface area contributed by atoms with Crippen LogP contribution in [-0.4, -0.2) is 77.3 Å². The van der Waals surface area contributed by atoms with E-state index in [1.165, 1.54) is 0 Å². The summed E-state index contributed by atoms with van der Waals surface area (Å²) in [6, 6.07) is 9.51. The fraction of sp³-hybridized carbons (Fsp3) is 0.450. The third-order valence-electron chi connectivity index (χ3n) is 5.03. The minimum Gasteiger partial charge on any atom is -0.335 e. The van der Waals surface area contributed by atoms with Gasteiger partial charge in [-0.2, -0.15) is 0 Å². The van der Waals surface area contributed by atoms with Gasteiger partial charge >= 0.3 is 0 Å². The van der Waals surface area contributed by atoms with E-state index < -0.39 is 0 Å². The van der Waals surface area contributed by atoms with Crippen LogP contribution in [0.4, 0.5) is 0 Å². The SMILES string of the molecule is CCN(C)CC(=O)N1CCN(C(=O)c2ccc3cccnc3c2)C[C@@H]1C. The molecule has 1 aliphatic rings. The zero-order valence-corrected chi connectivity index (χ0v) is 15.7. The smallest absolute Gasteiger partial charge is 0.254 e. The Hall–Kier alpha value is -2.47. The van der Waals surface area contributed by atoms with Gasteiger partial charge in [0.2, 0.25) is 5.91 Å². The highest BCUT2D eigenvalue weighted by Gasteiger charge is 2.30. The largest absolute Gasteiger partial charge is 0.335 e. The van der Waals surface area contributed by atoms with Crippen LogP contribution in [0.5, 0.6) is 0 Å². The number of hydrogen-bond donors (Lipinski definition) is 0. The van der Waals surface area contributed by atoms with Crippen molar-refractivity contribution in [3.05, 3.63) is 42.1 Å². The molecule has 0 unspecified atom stereocenters. The first kappa shape index (κ1) is 18.3. The van der Waals surface area contributed by atoms with Gasteiger partial charge in [-0.05, 0) is 38.7 Å². The molecular formula is C20H26N4O2. The van der Waals surface area contributed by atoms with Crippen molar-refractivity contribution >= 4 is 22.7 Å². The minimum atomic E-state index is 0.00202. The van der Waals surface area contributed by atoms with Crippen molar-refractivity contribution in [2.75, 3.05) is 39.8 Å². The molecule has 1 aromatic heterocycles. The molecule has 0 radical (unpaired) electrons. The maximum Gasteiger partial charge on any atom is 0.254 e. The lowest BCUT2D eigenvalue weighted by molar-refractivity contribution is -0.136. The van der Waals surface area contributed by atoms with Crippen molar-refractivity contribution in [2.45, 2.75) is 19.9 Å². The quantitative estimate of drug-likeness (QED) is 0.841. The van der Waals surface area contributed by atoms with Crippen molar-refractivity contribution in [2.24, 2.45) is 0 Å². The maximum absolute atomic E-state index is 12.9. The molecule has 1 atom stereocenters. The molecule has 0 aliphatic carbocycles. The van der Waals surface area contributed by atoms with Crippen molar-refractivity contribution in [1.82, 2.24) is 19.7 Å². The second-order valence-electron chi connectivity index (χ2n) is 6.93. The highest BCUT2D eigenvalue weighted by Crippen LogP contribution is 2.17. The van der Waals surface area contributed by atoms with Gasteiger partial charge in [0.05, 0.1) is 12.1 Å². The van der Waals surface area contributed by atoms with E-state index in [4.69, 9.17) is 0 Å². The number of amides is 2. The van der Waals surface area contributed by atoms with Gasteiger partial charge in [-0.15, -0.1) is 0 Å². The first-order valence-electron chi connectivity index (χ1n) is 9.11. The van der Waals surface area contributed by atoms with Crippen molar-refractivity contribution < 1.29 is 9.59 Å². The normalized spacial score (nSPS) is 17.8. The third-order valence-corrected chi connectivity index (χ3v) is 5.03. The first-order valence-corrected chi connectivity index (χ1v) is 9.11. The molecule has 2 amide bonds. The second kappa shape index (κ2) is 7.83. The standard InChI is InChI=1S/C20H26N4O2/c1-4-22(3)14-19(25)24-11-10-23(13-15(24)2)20(26)17-8-7-16-6-5-9-21-18(16)12-17/h5-9,12,15H,4,10-11,13-14H2,1-3H3/t15-/m0/s1. The van der Waals surface area contributed by atoms with Crippen LogP contribution in [-0.2, 0) is 4.79 Å². The fourth-order valence-electron chi connectivity index (χ4n) is 3.33. The molecule has 1 aromatic carbocycles. The molecule has 26 heavy (non-hydrogen) atoms. The van der Waals surface area contributed by atoms with E-state index in [1.807, 2.05) is 65.9 Å². The number of nitrogens with zero attached hydrogens (tertiary/aromatic N) is 4. The molecule has 3 rings (SSSR count). The van der Waals surface area contributed by atoms with E-state index in [9.17, 15) is 9.59 Å². The zero-order chi connectivity index (χ0) is 18.7. The molecule has 6 nitrogen and oxygen atoms in total. The summed E-state index contributed by atoms with van der Waals surface area (Å²) in [4.78, 5) is 35.4. The predicted molar refractivity (Wildman–Crippen MR) is 102 cm³/mol. The highest BCUT2D eigenvalue weighted by molar-refractivity contribution is 5.98. The number of likely N-dealkylation sites (N-methyl/N-ethyl adjacent to an activating group) is 1. The van der Waals surface area contributed by atoms with E-state index in [2.05, 4.69) is 4.98 Å². The summed E-state index contributed by atoms with van der Waals surface area (Å²) in [6.45, 7) is 7.00. The number of fused-ring (bicyclic) bond motifs is 1. The number of carbonyl (C=O) groups is 2. The highest BCUT2D eigenvalue weighted by atomic mass is 16.2. The zero-order valence-electron chi connectivity index (χ0n) is 15.7. The molecule has 2 heterocycles. The molecular weight excluding hydrogens is 328 g/mol. The van der Waals surface area contributed by atoms with E-state index in [0.717, 1.165) is 17.4 Å². The van der Waals surface area contributed by atoms with Crippen molar-refractivity contribution in [3.63, 3.8) is 0 Å². The number of benzene rings is 1. The molecule has 138 valence electrons. The Morgan fingerprint density at radius 3 is 2.81 bits per heavy atom. The lowest BCUT2D eigenvalue weighted by Gasteiger charge is -2.40. The summed E-state index contributed by atoms with van der Waals surface area (Å²) < 4.78 is 0. The summed E-state index contributed by atoms with van der Waals surface area (Å²) in [7, 11) is 1.94. The van der Waals surface area contributed by atoms with Crippen LogP contribution in [0.1, 0.15) is 24.2 Å². The number of rotatable bonds is 4. The average Bonchev–Trinajstić information content (AvgIpc) is 2.66. The number of piperazine rings is 1. The van der Waals surface area contributed by atoms with Gasteiger partial charge in [0.15, 0.2) is 0 Å². The molecule has 0 bridgehead atoms. The van der Waals surface area contributed by atoms with E-state index in [1.54, 1.807) is 6.20 Å². The molecule has 6 heteroatoms. The van der Waals surface area contributed by atoms with Gasteiger partial charge in [0.25, 0.3) is 5.91 Å².